The second-order valence-corrected chi connectivity index (χ2v) is 6.22. The predicted molar refractivity (Wildman–Crippen MR) is 87.9 cm³/mol. The number of ether oxygens (including phenoxy) is 1. The largest absolute Gasteiger partial charge is 0.462 e. The van der Waals surface area contributed by atoms with Crippen molar-refractivity contribution in [1.82, 2.24) is 4.40 Å². The Bertz CT molecular complexity index is 827. The summed E-state index contributed by atoms with van der Waals surface area (Å²) in [6.07, 6.45) is 1.65. The van der Waals surface area contributed by atoms with Gasteiger partial charge in [0.25, 0.3) is 5.56 Å². The van der Waals surface area contributed by atoms with Gasteiger partial charge in [0.15, 0.2) is 5.82 Å². The number of aryl methyl sites for hydroxylation is 1. The smallest absolute Gasteiger partial charge is 0.343 e. The van der Waals surface area contributed by atoms with Crippen molar-refractivity contribution in [1.29, 1.82) is 0 Å². The van der Waals surface area contributed by atoms with Gasteiger partial charge >= 0.3 is 5.97 Å². The van der Waals surface area contributed by atoms with Gasteiger partial charge in [-0.15, -0.1) is 0 Å². The van der Waals surface area contributed by atoms with Crippen molar-refractivity contribution in [3.05, 3.63) is 50.1 Å². The van der Waals surface area contributed by atoms with Gasteiger partial charge in [-0.05, 0) is 43.4 Å². The number of fused-ring (bicyclic) bond motifs is 1. The van der Waals surface area contributed by atoms with E-state index in [0.29, 0.717) is 17.5 Å². The molecule has 6 heteroatoms. The Morgan fingerprint density at radius 1 is 1.43 bits per heavy atom. The fourth-order valence-corrected chi connectivity index (χ4v) is 2.78. The van der Waals surface area contributed by atoms with Gasteiger partial charge in [0.05, 0.1) is 17.1 Å². The van der Waals surface area contributed by atoms with Gasteiger partial charge in [-0.2, -0.15) is 0 Å². The number of aromatic nitrogens is 1. The van der Waals surface area contributed by atoms with Gasteiger partial charge in [0.2, 0.25) is 0 Å². The van der Waals surface area contributed by atoms with E-state index < -0.39 is 17.3 Å². The Morgan fingerprint density at radius 3 is 2.65 bits per heavy atom. The summed E-state index contributed by atoms with van der Waals surface area (Å²) in [6, 6.07) is 1.54. The quantitative estimate of drug-likeness (QED) is 0.796. The van der Waals surface area contributed by atoms with E-state index in [9.17, 15) is 14.0 Å². The first-order valence-electron chi connectivity index (χ1n) is 7.47. The Morgan fingerprint density at radius 2 is 2.09 bits per heavy atom. The van der Waals surface area contributed by atoms with E-state index in [-0.39, 0.29) is 23.1 Å². The Balaban J connectivity index is 2.88. The van der Waals surface area contributed by atoms with Crippen molar-refractivity contribution in [2.45, 2.75) is 34.1 Å². The molecule has 0 saturated carbocycles. The minimum atomic E-state index is -0.704. The molecule has 0 bridgehead atoms. The van der Waals surface area contributed by atoms with Crippen molar-refractivity contribution in [2.75, 3.05) is 6.61 Å². The van der Waals surface area contributed by atoms with E-state index in [1.165, 1.54) is 6.07 Å². The highest BCUT2D eigenvalue weighted by molar-refractivity contribution is 6.32. The fourth-order valence-electron chi connectivity index (χ4n) is 2.64. The maximum Gasteiger partial charge on any atom is 0.343 e. The molecule has 0 saturated heterocycles. The van der Waals surface area contributed by atoms with E-state index in [1.54, 1.807) is 13.8 Å². The van der Waals surface area contributed by atoms with E-state index in [4.69, 9.17) is 16.3 Å². The number of pyridine rings is 2. The minimum Gasteiger partial charge on any atom is -0.462 e. The monoisotopic (exact) mass is 339 g/mol. The normalized spacial score (nSPS) is 11.3. The first-order valence-corrected chi connectivity index (χ1v) is 7.85. The summed E-state index contributed by atoms with van der Waals surface area (Å²) < 4.78 is 20.0. The van der Waals surface area contributed by atoms with Gasteiger partial charge in [0, 0.05) is 6.20 Å². The molecule has 0 amide bonds. The van der Waals surface area contributed by atoms with Crippen LogP contribution in [0.4, 0.5) is 4.39 Å². The zero-order valence-corrected chi connectivity index (χ0v) is 14.3. The number of hydrogen-bond donors (Lipinski definition) is 0. The van der Waals surface area contributed by atoms with Crippen molar-refractivity contribution in [2.24, 2.45) is 5.92 Å². The van der Waals surface area contributed by atoms with Crippen molar-refractivity contribution in [3.8, 4) is 0 Å². The van der Waals surface area contributed by atoms with Crippen LogP contribution in [0.5, 0.6) is 0 Å². The molecular formula is C17H19ClFNO3. The van der Waals surface area contributed by atoms with Crippen LogP contribution >= 0.6 is 11.6 Å². The molecule has 4 nitrogen and oxygen atoms in total. The van der Waals surface area contributed by atoms with Crippen molar-refractivity contribution in [3.63, 3.8) is 0 Å². The van der Waals surface area contributed by atoms with Gasteiger partial charge in [0.1, 0.15) is 5.56 Å². The summed E-state index contributed by atoms with van der Waals surface area (Å²) in [5.74, 6) is -1.12. The molecule has 0 radical (unpaired) electrons. The maximum atomic E-state index is 14.0. The highest BCUT2D eigenvalue weighted by atomic mass is 35.5. The standard InChI is InChI=1S/C17H19ClFNO3/c1-5-23-17(22)12-7-11(6-9(2)3)15-10(4)14(18)13(19)8-20(15)16(12)21/h7-9H,5-6H2,1-4H3. The third-order valence-corrected chi connectivity index (χ3v) is 4.04. The Labute approximate surface area is 138 Å². The molecule has 0 aliphatic carbocycles. The lowest BCUT2D eigenvalue weighted by atomic mass is 9.98. The highest BCUT2D eigenvalue weighted by Gasteiger charge is 2.20. The average Bonchev–Trinajstić information content (AvgIpc) is 2.47. The van der Waals surface area contributed by atoms with E-state index >= 15 is 0 Å². The molecule has 0 aliphatic rings. The van der Waals surface area contributed by atoms with Gasteiger partial charge < -0.3 is 4.74 Å². The third-order valence-electron chi connectivity index (χ3n) is 3.57. The van der Waals surface area contributed by atoms with E-state index in [1.807, 2.05) is 13.8 Å². The second-order valence-electron chi connectivity index (χ2n) is 5.84. The summed E-state index contributed by atoms with van der Waals surface area (Å²) in [6.45, 7) is 7.52. The zero-order valence-electron chi connectivity index (χ0n) is 13.6. The molecule has 2 heterocycles. The molecule has 0 unspecified atom stereocenters. The number of halogens is 2. The molecule has 2 rings (SSSR count). The Hall–Kier alpha value is -1.88. The van der Waals surface area contributed by atoms with Crippen LogP contribution in [-0.4, -0.2) is 17.0 Å². The summed E-state index contributed by atoms with van der Waals surface area (Å²) in [5.41, 5.74) is 1.09. The summed E-state index contributed by atoms with van der Waals surface area (Å²) in [4.78, 5) is 24.6. The Kier molecular flexibility index (Phi) is 5.09. The lowest BCUT2D eigenvalue weighted by molar-refractivity contribution is 0.0524. The van der Waals surface area contributed by atoms with Crippen LogP contribution in [0.25, 0.3) is 5.52 Å². The average molecular weight is 340 g/mol. The molecule has 124 valence electrons. The number of esters is 1. The molecule has 0 aromatic carbocycles. The number of carbonyl (C=O) groups excluding carboxylic acids is 1. The summed E-state index contributed by atoms with van der Waals surface area (Å²) in [5, 5.41) is -0.0155. The first-order chi connectivity index (χ1) is 10.8. The molecule has 0 fully saturated rings. The SMILES string of the molecule is CCOC(=O)c1cc(CC(C)C)c2c(C)c(Cl)c(F)cn2c1=O. The second kappa shape index (κ2) is 6.71. The highest BCUT2D eigenvalue weighted by Crippen LogP contribution is 2.27. The van der Waals surface area contributed by atoms with E-state index in [2.05, 4.69) is 0 Å². The van der Waals surface area contributed by atoms with Crippen LogP contribution in [-0.2, 0) is 11.2 Å². The molecule has 0 N–H and O–H groups in total. The van der Waals surface area contributed by atoms with Crippen LogP contribution in [0.2, 0.25) is 5.02 Å². The topological polar surface area (TPSA) is 47.8 Å². The van der Waals surface area contributed by atoms with Gasteiger partial charge in [-0.3, -0.25) is 9.20 Å². The lowest BCUT2D eigenvalue weighted by Gasteiger charge is -2.15. The van der Waals surface area contributed by atoms with Crippen molar-refractivity contribution >= 4 is 23.1 Å². The number of hydrogen-bond acceptors (Lipinski definition) is 3. The molecule has 0 atom stereocenters. The molecule has 0 spiro atoms. The van der Waals surface area contributed by atoms with Crippen LogP contribution < -0.4 is 5.56 Å². The van der Waals surface area contributed by atoms with Crippen LogP contribution in [0, 0.1) is 18.7 Å². The zero-order chi connectivity index (χ0) is 17.3. The van der Waals surface area contributed by atoms with Crippen LogP contribution in [0.3, 0.4) is 0 Å². The first kappa shape index (κ1) is 17.5. The maximum absolute atomic E-state index is 14.0. The molecule has 0 aliphatic heterocycles. The van der Waals surface area contributed by atoms with Gasteiger partial charge in [-0.25, -0.2) is 9.18 Å². The summed E-state index contributed by atoms with van der Waals surface area (Å²) in [7, 11) is 0. The predicted octanol–water partition coefficient (Wildman–Crippen LogP) is 3.78. The van der Waals surface area contributed by atoms with Crippen molar-refractivity contribution < 1.29 is 13.9 Å². The van der Waals surface area contributed by atoms with Crippen LogP contribution in [0.15, 0.2) is 17.1 Å². The van der Waals surface area contributed by atoms with E-state index in [0.717, 1.165) is 16.2 Å². The number of nitrogens with zero attached hydrogens (tertiary/aromatic N) is 1. The lowest BCUT2D eigenvalue weighted by Crippen LogP contribution is -2.25. The molecule has 2 aromatic rings. The third kappa shape index (κ3) is 3.24. The number of carbonyl (C=O) groups is 1. The molecular weight excluding hydrogens is 321 g/mol. The summed E-state index contributed by atoms with van der Waals surface area (Å²) >= 11 is 5.99. The fraction of sp³-hybridized carbons (Fsp3) is 0.412. The molecule has 2 aromatic heterocycles. The number of rotatable bonds is 4. The molecule has 23 heavy (non-hydrogen) atoms. The van der Waals surface area contributed by atoms with Gasteiger partial charge in [-0.1, -0.05) is 25.4 Å². The minimum absolute atomic E-state index is 0.0155. The van der Waals surface area contributed by atoms with Crippen LogP contribution in [0.1, 0.15) is 42.3 Å².